The van der Waals surface area contributed by atoms with Crippen LogP contribution in [0.4, 0.5) is 11.4 Å². The maximum Gasteiger partial charge on any atom is 0.279 e. The first-order chi connectivity index (χ1) is 14.9. The van der Waals surface area contributed by atoms with E-state index in [1.165, 1.54) is 12.1 Å². The van der Waals surface area contributed by atoms with Gasteiger partial charge in [0.05, 0.1) is 11.4 Å². The van der Waals surface area contributed by atoms with Crippen LogP contribution in [0.5, 0.6) is 0 Å². The Morgan fingerprint density at radius 1 is 1.25 bits per heavy atom. The molecule has 10 heteroatoms. The van der Waals surface area contributed by atoms with Gasteiger partial charge in [-0.3, -0.25) is 10.2 Å². The minimum atomic E-state index is -3.95. The summed E-state index contributed by atoms with van der Waals surface area (Å²) in [5.41, 5.74) is 5.42. The summed E-state index contributed by atoms with van der Waals surface area (Å²) < 4.78 is 23.6. The first-order valence-corrected chi connectivity index (χ1v) is 11.7. The molecule has 168 valence electrons. The largest absolute Gasteiger partial charge is 0.330 e. The van der Waals surface area contributed by atoms with Crippen LogP contribution in [0.3, 0.4) is 0 Å². The second kappa shape index (κ2) is 8.81. The molecule has 0 aliphatic carbocycles. The molecular formula is C22H25N5O3S2. The predicted octanol–water partition coefficient (Wildman–Crippen LogP) is 2.85. The number of carbonyl (C=O) groups excluding carboxylic acids is 1. The van der Waals surface area contributed by atoms with E-state index in [0.29, 0.717) is 12.1 Å². The van der Waals surface area contributed by atoms with Crippen molar-refractivity contribution in [3.63, 3.8) is 0 Å². The maximum atomic E-state index is 13.0. The van der Waals surface area contributed by atoms with Gasteiger partial charge in [-0.2, -0.15) is 5.10 Å². The van der Waals surface area contributed by atoms with Crippen molar-refractivity contribution in [2.75, 3.05) is 16.8 Å². The fraction of sp³-hybridized carbons (Fsp3) is 0.227. The Labute approximate surface area is 193 Å². The molecule has 0 radical (unpaired) electrons. The first kappa shape index (κ1) is 23.6. The molecule has 4 N–H and O–H groups in total. The minimum Gasteiger partial charge on any atom is -0.330 e. The van der Waals surface area contributed by atoms with E-state index in [4.69, 9.17) is 17.4 Å². The third-order valence-electron chi connectivity index (χ3n) is 4.88. The number of nitrogens with zero attached hydrogens (tertiary/aromatic N) is 2. The molecule has 3 rings (SSSR count). The number of rotatable bonds is 5. The number of primary sulfonamides is 1. The van der Waals surface area contributed by atoms with Crippen molar-refractivity contribution in [2.24, 2.45) is 10.2 Å². The predicted molar refractivity (Wildman–Crippen MR) is 131 cm³/mol. The topological polar surface area (TPSA) is 117 Å². The Morgan fingerprint density at radius 2 is 1.94 bits per heavy atom. The van der Waals surface area contributed by atoms with Crippen molar-refractivity contribution in [3.05, 3.63) is 66.2 Å². The number of para-hydroxylation sites is 1. The summed E-state index contributed by atoms with van der Waals surface area (Å²) in [5.74, 6) is -0.286. The zero-order valence-electron chi connectivity index (χ0n) is 18.0. The number of carbonyl (C=O) groups is 1. The SMILES string of the molecule is C=CCN1C(=O)C(=NNC(=S)Nc2ccccc2S(N)(=O)=O)c2cc(C(C)(C)C)ccc21. The second-order valence-electron chi connectivity index (χ2n) is 8.25. The van der Waals surface area contributed by atoms with Crippen molar-refractivity contribution in [3.8, 4) is 0 Å². The molecular weight excluding hydrogens is 446 g/mol. The standard InChI is InChI=1S/C22H25N5O3S2/c1-5-12-27-17-11-10-14(22(2,3)4)13-15(17)19(20(27)28)25-26-21(31)24-16-8-6-7-9-18(16)32(23,29)30/h5-11,13H,1,12H2,2-4H3,(H2,23,29,30)(H2,24,26,31). The average Bonchev–Trinajstić information content (AvgIpc) is 2.96. The van der Waals surface area contributed by atoms with Gasteiger partial charge in [0.15, 0.2) is 10.8 Å². The van der Waals surface area contributed by atoms with E-state index in [-0.39, 0.29) is 32.7 Å². The Bertz CT molecular complexity index is 1230. The molecule has 32 heavy (non-hydrogen) atoms. The molecule has 2 aromatic rings. The van der Waals surface area contributed by atoms with Crippen LogP contribution in [0, 0.1) is 0 Å². The summed E-state index contributed by atoms with van der Waals surface area (Å²) in [6, 6.07) is 11.9. The molecule has 0 aromatic heterocycles. The van der Waals surface area contributed by atoms with Crippen LogP contribution >= 0.6 is 12.2 Å². The van der Waals surface area contributed by atoms with Crippen LogP contribution in [0.2, 0.25) is 0 Å². The normalized spacial score (nSPS) is 14.9. The molecule has 0 fully saturated rings. The summed E-state index contributed by atoms with van der Waals surface area (Å²) >= 11 is 5.25. The van der Waals surface area contributed by atoms with E-state index in [1.54, 1.807) is 23.1 Å². The van der Waals surface area contributed by atoms with Gasteiger partial charge in [-0.1, -0.05) is 45.0 Å². The van der Waals surface area contributed by atoms with Gasteiger partial charge in [0.2, 0.25) is 10.0 Å². The smallest absolute Gasteiger partial charge is 0.279 e. The lowest BCUT2D eigenvalue weighted by Gasteiger charge is -2.20. The van der Waals surface area contributed by atoms with Gasteiger partial charge >= 0.3 is 0 Å². The quantitative estimate of drug-likeness (QED) is 0.351. The van der Waals surface area contributed by atoms with Gasteiger partial charge < -0.3 is 10.2 Å². The zero-order valence-corrected chi connectivity index (χ0v) is 19.7. The van der Waals surface area contributed by atoms with Crippen LogP contribution in [0.15, 0.2) is 65.1 Å². The Balaban J connectivity index is 1.92. The van der Waals surface area contributed by atoms with Crippen LogP contribution in [-0.4, -0.2) is 31.7 Å². The summed E-state index contributed by atoms with van der Waals surface area (Å²) in [5, 5.41) is 12.3. The number of amides is 1. The number of anilines is 2. The van der Waals surface area contributed by atoms with Gasteiger partial charge in [-0.15, -0.1) is 6.58 Å². The molecule has 0 spiro atoms. The van der Waals surface area contributed by atoms with Crippen molar-refractivity contribution in [2.45, 2.75) is 31.1 Å². The number of thiocarbonyl (C=S) groups is 1. The van der Waals surface area contributed by atoms with E-state index in [1.807, 2.05) is 18.2 Å². The highest BCUT2D eigenvalue weighted by Crippen LogP contribution is 2.33. The number of nitrogens with two attached hydrogens (primary N) is 1. The minimum absolute atomic E-state index is 0.0112. The number of hydrogen-bond acceptors (Lipinski definition) is 5. The molecule has 1 amide bonds. The Morgan fingerprint density at radius 3 is 2.56 bits per heavy atom. The van der Waals surface area contributed by atoms with E-state index in [0.717, 1.165) is 11.3 Å². The number of nitrogens with one attached hydrogen (secondary N) is 2. The zero-order chi connectivity index (χ0) is 23.7. The maximum absolute atomic E-state index is 13.0. The second-order valence-corrected chi connectivity index (χ2v) is 10.2. The lowest BCUT2D eigenvalue weighted by Crippen LogP contribution is -2.32. The molecule has 1 aliphatic heterocycles. The lowest BCUT2D eigenvalue weighted by atomic mass is 9.85. The van der Waals surface area contributed by atoms with E-state index in [2.05, 4.69) is 43.2 Å². The Hall–Kier alpha value is -3.08. The summed E-state index contributed by atoms with van der Waals surface area (Å²) in [6.07, 6.45) is 1.64. The molecule has 1 heterocycles. The van der Waals surface area contributed by atoms with Crippen LogP contribution < -0.4 is 20.8 Å². The summed E-state index contributed by atoms with van der Waals surface area (Å²) in [4.78, 5) is 14.5. The first-order valence-electron chi connectivity index (χ1n) is 9.77. The molecule has 0 atom stereocenters. The molecule has 0 saturated heterocycles. The lowest BCUT2D eigenvalue weighted by molar-refractivity contribution is -0.112. The third kappa shape index (κ3) is 4.87. The molecule has 8 nitrogen and oxygen atoms in total. The molecule has 1 aliphatic rings. The van der Waals surface area contributed by atoms with E-state index in [9.17, 15) is 13.2 Å². The molecule has 0 bridgehead atoms. The van der Waals surface area contributed by atoms with E-state index < -0.39 is 10.0 Å². The summed E-state index contributed by atoms with van der Waals surface area (Å²) in [7, 11) is -3.95. The molecule has 0 unspecified atom stereocenters. The third-order valence-corrected chi connectivity index (χ3v) is 6.04. The fourth-order valence-electron chi connectivity index (χ4n) is 3.27. The molecule has 0 saturated carbocycles. The van der Waals surface area contributed by atoms with Crippen molar-refractivity contribution >= 4 is 50.3 Å². The fourth-order valence-corrected chi connectivity index (χ4v) is 4.12. The van der Waals surface area contributed by atoms with Gasteiger partial charge in [0.1, 0.15) is 4.90 Å². The number of hydrazone groups is 1. The summed E-state index contributed by atoms with van der Waals surface area (Å²) in [6.45, 7) is 10.3. The van der Waals surface area contributed by atoms with Crippen molar-refractivity contribution in [1.82, 2.24) is 5.43 Å². The molecule has 2 aromatic carbocycles. The van der Waals surface area contributed by atoms with Crippen molar-refractivity contribution < 1.29 is 13.2 Å². The van der Waals surface area contributed by atoms with Crippen LogP contribution in [0.1, 0.15) is 31.9 Å². The van der Waals surface area contributed by atoms with Crippen molar-refractivity contribution in [1.29, 1.82) is 0 Å². The number of fused-ring (bicyclic) bond motifs is 1. The van der Waals surface area contributed by atoms with Gasteiger partial charge in [0, 0.05) is 12.1 Å². The van der Waals surface area contributed by atoms with Crippen LogP contribution in [0.25, 0.3) is 0 Å². The van der Waals surface area contributed by atoms with Gasteiger partial charge in [-0.05, 0) is 47.5 Å². The van der Waals surface area contributed by atoms with Gasteiger partial charge in [0.25, 0.3) is 5.91 Å². The highest BCUT2D eigenvalue weighted by molar-refractivity contribution is 7.89. The number of benzene rings is 2. The highest BCUT2D eigenvalue weighted by Gasteiger charge is 2.34. The number of hydrogen-bond donors (Lipinski definition) is 3. The van der Waals surface area contributed by atoms with Gasteiger partial charge in [-0.25, -0.2) is 13.6 Å². The highest BCUT2D eigenvalue weighted by atomic mass is 32.2. The Kier molecular flexibility index (Phi) is 6.49. The van der Waals surface area contributed by atoms with E-state index >= 15 is 0 Å². The average molecular weight is 472 g/mol. The number of sulfonamides is 1. The monoisotopic (exact) mass is 471 g/mol. The van der Waals surface area contributed by atoms with Crippen LogP contribution in [-0.2, 0) is 20.2 Å².